The van der Waals surface area contributed by atoms with E-state index in [2.05, 4.69) is 42.0 Å². The quantitative estimate of drug-likeness (QED) is 0.883. The molecule has 1 aliphatic rings. The lowest BCUT2D eigenvalue weighted by Gasteiger charge is -2.41. The van der Waals surface area contributed by atoms with Crippen molar-refractivity contribution in [2.45, 2.75) is 58.2 Å². The summed E-state index contributed by atoms with van der Waals surface area (Å²) in [6.45, 7) is 9.21. The predicted molar refractivity (Wildman–Crippen MR) is 80.1 cm³/mol. The van der Waals surface area contributed by atoms with Crippen molar-refractivity contribution in [3.8, 4) is 0 Å². The molecule has 1 saturated heterocycles. The third-order valence-corrected chi connectivity index (χ3v) is 4.27. The average molecular weight is 261 g/mol. The molecule has 0 bridgehead atoms. The number of hydrogen-bond acceptors (Lipinski definition) is 3. The number of aromatic nitrogens is 1. The summed E-state index contributed by atoms with van der Waals surface area (Å²) in [5, 5.41) is 3.66. The highest BCUT2D eigenvalue weighted by Crippen LogP contribution is 2.27. The Labute approximate surface area is 117 Å². The second-order valence-corrected chi connectivity index (χ2v) is 5.72. The SMILES string of the molecule is CCCNC1CCN(C(C)c2cccnc2)C(C)C1. The van der Waals surface area contributed by atoms with Crippen molar-refractivity contribution in [2.75, 3.05) is 13.1 Å². The molecule has 2 heterocycles. The van der Waals surface area contributed by atoms with E-state index in [1.807, 2.05) is 18.5 Å². The Morgan fingerprint density at radius 3 is 3.00 bits per heavy atom. The van der Waals surface area contributed by atoms with Crippen LogP contribution < -0.4 is 5.32 Å². The van der Waals surface area contributed by atoms with Crippen LogP contribution in [0.4, 0.5) is 0 Å². The average Bonchev–Trinajstić information content (AvgIpc) is 2.45. The second kappa shape index (κ2) is 7.01. The van der Waals surface area contributed by atoms with Crippen molar-refractivity contribution in [3.05, 3.63) is 30.1 Å². The molecule has 19 heavy (non-hydrogen) atoms. The molecule has 3 atom stereocenters. The number of piperidine rings is 1. The van der Waals surface area contributed by atoms with Gasteiger partial charge in [-0.1, -0.05) is 13.0 Å². The minimum absolute atomic E-state index is 0.468. The zero-order chi connectivity index (χ0) is 13.7. The zero-order valence-electron chi connectivity index (χ0n) is 12.5. The van der Waals surface area contributed by atoms with E-state index in [1.165, 1.54) is 31.4 Å². The number of rotatable bonds is 5. The van der Waals surface area contributed by atoms with E-state index in [-0.39, 0.29) is 0 Å². The summed E-state index contributed by atoms with van der Waals surface area (Å²) in [6.07, 6.45) is 7.58. The molecule has 0 radical (unpaired) electrons. The highest BCUT2D eigenvalue weighted by molar-refractivity contribution is 5.13. The van der Waals surface area contributed by atoms with Gasteiger partial charge in [-0.2, -0.15) is 0 Å². The van der Waals surface area contributed by atoms with Gasteiger partial charge in [-0.25, -0.2) is 0 Å². The lowest BCUT2D eigenvalue weighted by Crippen LogP contribution is -2.48. The Morgan fingerprint density at radius 2 is 2.37 bits per heavy atom. The molecule has 1 N–H and O–H groups in total. The summed E-state index contributed by atoms with van der Waals surface area (Å²) in [5.41, 5.74) is 1.33. The van der Waals surface area contributed by atoms with Gasteiger partial charge in [-0.05, 0) is 51.3 Å². The highest BCUT2D eigenvalue weighted by atomic mass is 15.2. The topological polar surface area (TPSA) is 28.2 Å². The standard InChI is InChI=1S/C16H27N3/c1-4-8-18-16-7-10-19(13(2)11-16)14(3)15-6-5-9-17-12-15/h5-6,9,12-14,16,18H,4,7-8,10-11H2,1-3H3. The van der Waals surface area contributed by atoms with Crippen LogP contribution in [0, 0.1) is 0 Å². The lowest BCUT2D eigenvalue weighted by atomic mass is 9.95. The smallest absolute Gasteiger partial charge is 0.0337 e. The van der Waals surface area contributed by atoms with Crippen LogP contribution in [-0.4, -0.2) is 35.1 Å². The molecular weight excluding hydrogens is 234 g/mol. The number of nitrogens with one attached hydrogen (secondary N) is 1. The number of hydrogen-bond donors (Lipinski definition) is 1. The van der Waals surface area contributed by atoms with Gasteiger partial charge in [0.15, 0.2) is 0 Å². The Morgan fingerprint density at radius 1 is 1.53 bits per heavy atom. The van der Waals surface area contributed by atoms with Gasteiger partial charge in [0.2, 0.25) is 0 Å². The minimum atomic E-state index is 0.468. The van der Waals surface area contributed by atoms with Gasteiger partial charge in [0.25, 0.3) is 0 Å². The van der Waals surface area contributed by atoms with Crippen LogP contribution in [0.3, 0.4) is 0 Å². The molecule has 1 aromatic rings. The van der Waals surface area contributed by atoms with Crippen molar-refractivity contribution in [3.63, 3.8) is 0 Å². The summed E-state index contributed by atoms with van der Waals surface area (Å²) in [7, 11) is 0. The maximum atomic E-state index is 4.24. The van der Waals surface area contributed by atoms with Gasteiger partial charge in [0.05, 0.1) is 0 Å². The maximum absolute atomic E-state index is 4.24. The molecule has 106 valence electrons. The first-order valence-corrected chi connectivity index (χ1v) is 7.61. The third-order valence-electron chi connectivity index (χ3n) is 4.27. The monoisotopic (exact) mass is 261 g/mol. The van der Waals surface area contributed by atoms with E-state index < -0.39 is 0 Å². The van der Waals surface area contributed by atoms with Crippen LogP contribution >= 0.6 is 0 Å². The summed E-state index contributed by atoms with van der Waals surface area (Å²) >= 11 is 0. The van der Waals surface area contributed by atoms with Crippen LogP contribution in [-0.2, 0) is 0 Å². The van der Waals surface area contributed by atoms with Gasteiger partial charge < -0.3 is 5.32 Å². The fraction of sp³-hybridized carbons (Fsp3) is 0.688. The van der Waals surface area contributed by atoms with E-state index >= 15 is 0 Å². The van der Waals surface area contributed by atoms with Crippen molar-refractivity contribution in [1.82, 2.24) is 15.2 Å². The van der Waals surface area contributed by atoms with Gasteiger partial charge in [-0.3, -0.25) is 9.88 Å². The molecule has 3 unspecified atom stereocenters. The lowest BCUT2D eigenvalue weighted by molar-refractivity contribution is 0.0954. The van der Waals surface area contributed by atoms with E-state index in [9.17, 15) is 0 Å². The largest absolute Gasteiger partial charge is 0.314 e. The molecule has 0 aliphatic carbocycles. The number of nitrogens with zero attached hydrogens (tertiary/aromatic N) is 2. The van der Waals surface area contributed by atoms with Crippen LogP contribution in [0.2, 0.25) is 0 Å². The Bertz CT molecular complexity index is 366. The van der Waals surface area contributed by atoms with Crippen molar-refractivity contribution in [2.24, 2.45) is 0 Å². The molecule has 0 amide bonds. The summed E-state index contributed by atoms with van der Waals surface area (Å²) < 4.78 is 0. The molecule has 0 aromatic carbocycles. The molecule has 3 heteroatoms. The number of pyridine rings is 1. The van der Waals surface area contributed by atoms with Gasteiger partial charge in [-0.15, -0.1) is 0 Å². The number of likely N-dealkylation sites (tertiary alicyclic amines) is 1. The van der Waals surface area contributed by atoms with Gasteiger partial charge >= 0.3 is 0 Å². The van der Waals surface area contributed by atoms with Crippen LogP contribution in [0.15, 0.2) is 24.5 Å². The molecule has 2 rings (SSSR count). The molecular formula is C16H27N3. The Balaban J connectivity index is 1.92. The molecule has 0 saturated carbocycles. The molecule has 1 fully saturated rings. The zero-order valence-corrected chi connectivity index (χ0v) is 12.5. The Hall–Kier alpha value is -0.930. The molecule has 1 aromatic heterocycles. The molecule has 1 aliphatic heterocycles. The summed E-state index contributed by atoms with van der Waals surface area (Å²) in [6, 6.07) is 6.03. The van der Waals surface area contributed by atoms with Gasteiger partial charge in [0, 0.05) is 37.1 Å². The van der Waals surface area contributed by atoms with Crippen LogP contribution in [0.1, 0.15) is 51.6 Å². The molecule has 3 nitrogen and oxygen atoms in total. The van der Waals surface area contributed by atoms with E-state index in [4.69, 9.17) is 0 Å². The highest BCUT2D eigenvalue weighted by Gasteiger charge is 2.28. The Kier molecular flexibility index (Phi) is 5.34. The van der Waals surface area contributed by atoms with Crippen LogP contribution in [0.25, 0.3) is 0 Å². The van der Waals surface area contributed by atoms with Crippen molar-refractivity contribution in [1.29, 1.82) is 0 Å². The normalized spacial score (nSPS) is 26.3. The first-order valence-electron chi connectivity index (χ1n) is 7.61. The minimum Gasteiger partial charge on any atom is -0.314 e. The fourth-order valence-corrected chi connectivity index (χ4v) is 3.11. The summed E-state index contributed by atoms with van der Waals surface area (Å²) in [5.74, 6) is 0. The van der Waals surface area contributed by atoms with E-state index in [1.54, 1.807) is 0 Å². The predicted octanol–water partition coefficient (Wildman–Crippen LogP) is 3.00. The van der Waals surface area contributed by atoms with E-state index in [0.29, 0.717) is 18.1 Å². The van der Waals surface area contributed by atoms with Crippen molar-refractivity contribution < 1.29 is 0 Å². The first-order chi connectivity index (χ1) is 9.22. The van der Waals surface area contributed by atoms with Gasteiger partial charge in [0.1, 0.15) is 0 Å². The third kappa shape index (κ3) is 3.77. The second-order valence-electron chi connectivity index (χ2n) is 5.72. The molecule has 0 spiro atoms. The first kappa shape index (κ1) is 14.5. The van der Waals surface area contributed by atoms with Crippen LogP contribution in [0.5, 0.6) is 0 Å². The summed E-state index contributed by atoms with van der Waals surface area (Å²) in [4.78, 5) is 6.85. The maximum Gasteiger partial charge on any atom is 0.0337 e. The fourth-order valence-electron chi connectivity index (χ4n) is 3.11. The van der Waals surface area contributed by atoms with E-state index in [0.717, 1.165) is 6.54 Å². The van der Waals surface area contributed by atoms with Crippen molar-refractivity contribution >= 4 is 0 Å².